The lowest BCUT2D eigenvalue weighted by atomic mass is 9.76. The molecule has 122 valence electrons. The van der Waals surface area contributed by atoms with Crippen LogP contribution in [0.15, 0.2) is 30.3 Å². The van der Waals surface area contributed by atoms with Crippen molar-refractivity contribution in [2.24, 2.45) is 0 Å². The van der Waals surface area contributed by atoms with Crippen molar-refractivity contribution in [3.05, 3.63) is 46.5 Å². The minimum Gasteiger partial charge on any atom is -0.365 e. The molecular weight excluding hydrogens is 306 g/mol. The summed E-state index contributed by atoms with van der Waals surface area (Å²) >= 11 is 1.44. The summed E-state index contributed by atoms with van der Waals surface area (Å²) in [6.07, 6.45) is 2.15. The van der Waals surface area contributed by atoms with Gasteiger partial charge < -0.3 is 10.2 Å². The number of likely N-dealkylation sites (tertiary alicyclic amines) is 1. The first-order valence-corrected chi connectivity index (χ1v) is 8.85. The van der Waals surface area contributed by atoms with Gasteiger partial charge in [0.25, 0.3) is 5.91 Å². The van der Waals surface area contributed by atoms with Gasteiger partial charge in [-0.25, -0.2) is 4.98 Å². The first-order valence-electron chi connectivity index (χ1n) is 8.03. The van der Waals surface area contributed by atoms with Gasteiger partial charge in [0.05, 0.1) is 5.69 Å². The van der Waals surface area contributed by atoms with Gasteiger partial charge in [0.15, 0.2) is 5.13 Å². The van der Waals surface area contributed by atoms with Crippen molar-refractivity contribution in [2.45, 2.75) is 32.1 Å². The van der Waals surface area contributed by atoms with Gasteiger partial charge in [-0.05, 0) is 25.3 Å². The Kier molecular flexibility index (Phi) is 4.39. The molecule has 1 fully saturated rings. The molecule has 1 aliphatic heterocycles. The Balaban J connectivity index is 1.83. The smallest absolute Gasteiger partial charge is 0.265 e. The van der Waals surface area contributed by atoms with Crippen LogP contribution in [0.1, 0.15) is 40.7 Å². The fourth-order valence-electron chi connectivity index (χ4n) is 3.33. The molecule has 1 saturated heterocycles. The van der Waals surface area contributed by atoms with Gasteiger partial charge >= 0.3 is 0 Å². The van der Waals surface area contributed by atoms with Crippen LogP contribution < -0.4 is 5.32 Å². The average Bonchev–Trinajstić information content (AvgIpc) is 2.96. The normalized spacial score (nSPS) is 21.3. The first-order chi connectivity index (χ1) is 11.0. The lowest BCUT2D eigenvalue weighted by Gasteiger charge is -2.40. The number of rotatable bonds is 3. The zero-order valence-corrected chi connectivity index (χ0v) is 14.7. The number of aromatic nitrogens is 1. The van der Waals surface area contributed by atoms with Gasteiger partial charge in [0.2, 0.25) is 0 Å². The van der Waals surface area contributed by atoms with Gasteiger partial charge in [-0.3, -0.25) is 4.79 Å². The number of nitrogens with one attached hydrogen (secondary N) is 1. The molecule has 4 nitrogen and oxygen atoms in total. The number of hydrogen-bond donors (Lipinski definition) is 1. The van der Waals surface area contributed by atoms with Crippen molar-refractivity contribution in [3.63, 3.8) is 0 Å². The summed E-state index contributed by atoms with van der Waals surface area (Å²) < 4.78 is 0. The van der Waals surface area contributed by atoms with Crippen LogP contribution in [-0.4, -0.2) is 35.9 Å². The van der Waals surface area contributed by atoms with E-state index in [1.807, 2.05) is 24.9 Å². The summed E-state index contributed by atoms with van der Waals surface area (Å²) in [6.45, 7) is 5.76. The van der Waals surface area contributed by atoms with Crippen LogP contribution in [0.4, 0.5) is 5.13 Å². The molecule has 3 rings (SSSR count). The number of carbonyl (C=O) groups is 1. The van der Waals surface area contributed by atoms with Gasteiger partial charge in [0, 0.05) is 25.6 Å². The van der Waals surface area contributed by atoms with E-state index in [9.17, 15) is 4.79 Å². The van der Waals surface area contributed by atoms with Crippen molar-refractivity contribution in [1.82, 2.24) is 9.88 Å². The molecule has 0 aliphatic carbocycles. The number of piperidine rings is 1. The number of thiazole rings is 1. The molecule has 1 amide bonds. The Bertz CT molecular complexity index is 698. The van der Waals surface area contributed by atoms with E-state index in [2.05, 4.69) is 41.5 Å². The summed E-state index contributed by atoms with van der Waals surface area (Å²) in [5.74, 6) is 0.114. The summed E-state index contributed by atoms with van der Waals surface area (Å²) in [6, 6.07) is 10.5. The highest BCUT2D eigenvalue weighted by Gasteiger charge is 2.35. The number of carbonyl (C=O) groups excluding carboxylic acids is 1. The van der Waals surface area contributed by atoms with E-state index >= 15 is 0 Å². The van der Waals surface area contributed by atoms with Crippen molar-refractivity contribution in [3.8, 4) is 0 Å². The number of aryl methyl sites for hydroxylation is 1. The molecule has 1 N–H and O–H groups in total. The lowest BCUT2D eigenvalue weighted by Crippen LogP contribution is -2.47. The fraction of sp³-hybridized carbons (Fsp3) is 0.444. The maximum Gasteiger partial charge on any atom is 0.265 e. The largest absolute Gasteiger partial charge is 0.365 e. The summed E-state index contributed by atoms with van der Waals surface area (Å²) in [7, 11) is 1.83. The Hall–Kier alpha value is -1.88. The number of amides is 1. The maximum atomic E-state index is 12.9. The third-order valence-corrected chi connectivity index (χ3v) is 5.82. The predicted molar refractivity (Wildman–Crippen MR) is 95.3 cm³/mol. The van der Waals surface area contributed by atoms with Gasteiger partial charge in [-0.1, -0.05) is 48.6 Å². The van der Waals surface area contributed by atoms with Gasteiger partial charge in [-0.15, -0.1) is 0 Å². The predicted octanol–water partition coefficient (Wildman–Crippen LogP) is 3.69. The summed E-state index contributed by atoms with van der Waals surface area (Å²) in [5.41, 5.74) is 2.16. The fourth-order valence-corrected chi connectivity index (χ4v) is 4.22. The second kappa shape index (κ2) is 6.32. The van der Waals surface area contributed by atoms with Crippen molar-refractivity contribution in [2.75, 3.05) is 25.5 Å². The van der Waals surface area contributed by atoms with Crippen LogP contribution in [0.2, 0.25) is 0 Å². The lowest BCUT2D eigenvalue weighted by molar-refractivity contribution is 0.0655. The van der Waals surface area contributed by atoms with Gasteiger partial charge in [-0.2, -0.15) is 0 Å². The topological polar surface area (TPSA) is 45.2 Å². The Morgan fingerprint density at radius 3 is 2.74 bits per heavy atom. The molecule has 1 aliphatic rings. The number of anilines is 1. The molecule has 2 heterocycles. The maximum absolute atomic E-state index is 12.9. The molecule has 1 aromatic heterocycles. The number of nitrogens with zero attached hydrogens (tertiary/aromatic N) is 2. The van der Waals surface area contributed by atoms with E-state index in [0.29, 0.717) is 0 Å². The van der Waals surface area contributed by atoms with E-state index in [4.69, 9.17) is 0 Å². The minimum absolute atomic E-state index is 0.0274. The summed E-state index contributed by atoms with van der Waals surface area (Å²) in [5, 5.41) is 3.82. The van der Waals surface area contributed by atoms with Crippen molar-refractivity contribution < 1.29 is 4.79 Å². The Morgan fingerprint density at radius 1 is 1.35 bits per heavy atom. The molecular formula is C18H23N3OS. The third-order valence-electron chi connectivity index (χ3n) is 4.66. The molecule has 23 heavy (non-hydrogen) atoms. The number of hydrogen-bond acceptors (Lipinski definition) is 4. The quantitative estimate of drug-likeness (QED) is 0.934. The molecule has 5 heteroatoms. The SMILES string of the molecule is CNc1nc(C)c(C(=O)N2CCCC(C)(c3ccccc3)C2)s1. The zero-order valence-electron chi connectivity index (χ0n) is 13.9. The van der Waals surface area contributed by atoms with Crippen molar-refractivity contribution in [1.29, 1.82) is 0 Å². The monoisotopic (exact) mass is 329 g/mol. The standard InChI is InChI=1S/C18H23N3OS/c1-13-15(23-17(19-3)20-13)16(22)21-11-7-10-18(2,12-21)14-8-5-4-6-9-14/h4-6,8-9H,7,10-12H2,1-3H3,(H,19,20). The second-order valence-corrected chi connectivity index (χ2v) is 7.44. The molecule has 1 aromatic carbocycles. The average molecular weight is 329 g/mol. The van der Waals surface area contributed by atoms with Crippen molar-refractivity contribution >= 4 is 22.4 Å². The molecule has 1 atom stereocenters. The summed E-state index contributed by atoms with van der Waals surface area (Å²) in [4.78, 5) is 20.1. The van der Waals surface area contributed by atoms with Crippen LogP contribution >= 0.6 is 11.3 Å². The van der Waals surface area contributed by atoms with E-state index in [0.717, 1.165) is 41.6 Å². The Labute approximate surface area is 141 Å². The highest BCUT2D eigenvalue weighted by atomic mass is 32.1. The van der Waals surface area contributed by atoms with E-state index in [-0.39, 0.29) is 11.3 Å². The molecule has 0 saturated carbocycles. The first kappa shape index (κ1) is 16.0. The molecule has 0 spiro atoms. The molecule has 1 unspecified atom stereocenters. The zero-order chi connectivity index (χ0) is 16.4. The highest BCUT2D eigenvalue weighted by molar-refractivity contribution is 7.17. The van der Waals surface area contributed by atoms with E-state index in [1.165, 1.54) is 16.9 Å². The number of benzene rings is 1. The third kappa shape index (κ3) is 3.11. The van der Waals surface area contributed by atoms with Crippen LogP contribution in [0.5, 0.6) is 0 Å². The molecule has 0 bridgehead atoms. The Morgan fingerprint density at radius 2 is 2.09 bits per heavy atom. The van der Waals surface area contributed by atoms with Crippen LogP contribution in [-0.2, 0) is 5.41 Å². The van der Waals surface area contributed by atoms with Crippen LogP contribution in [0.3, 0.4) is 0 Å². The molecule has 2 aromatic rings. The van der Waals surface area contributed by atoms with Crippen LogP contribution in [0, 0.1) is 6.92 Å². The van der Waals surface area contributed by atoms with E-state index < -0.39 is 0 Å². The minimum atomic E-state index is 0.0274. The second-order valence-electron chi connectivity index (χ2n) is 6.44. The van der Waals surface area contributed by atoms with E-state index in [1.54, 1.807) is 0 Å². The highest BCUT2D eigenvalue weighted by Crippen LogP contribution is 2.35. The van der Waals surface area contributed by atoms with Gasteiger partial charge in [0.1, 0.15) is 4.88 Å². The van der Waals surface area contributed by atoms with Crippen LogP contribution in [0.25, 0.3) is 0 Å². The molecule has 0 radical (unpaired) electrons.